The molecule has 144 valence electrons. The van der Waals surface area contributed by atoms with E-state index in [1.54, 1.807) is 0 Å². The Hall–Kier alpha value is -1.02. The van der Waals surface area contributed by atoms with Crippen molar-refractivity contribution in [1.29, 1.82) is 0 Å². The number of nitrogens with two attached hydrogens (primary N) is 1. The minimum atomic E-state index is -4.17. The minimum Gasteiger partial charge on any atom is -0.354 e. The van der Waals surface area contributed by atoms with E-state index in [0.29, 0.717) is 32.5 Å². The Kier molecular flexibility index (Phi) is 10.4. The Balaban J connectivity index is 0.00000288. The quantitative estimate of drug-likeness (QED) is 0.769. The fraction of sp³-hybridized carbons (Fsp3) is 0.562. The van der Waals surface area contributed by atoms with Crippen LogP contribution in [0.1, 0.15) is 12.0 Å². The monoisotopic (exact) mass is 401 g/mol. The van der Waals surface area contributed by atoms with E-state index < -0.39 is 18.8 Å². The lowest BCUT2D eigenvalue weighted by molar-refractivity contribution is -0.143. The molecule has 0 bridgehead atoms. The number of halogens is 5. The van der Waals surface area contributed by atoms with Crippen molar-refractivity contribution >= 4 is 30.7 Å². The van der Waals surface area contributed by atoms with E-state index in [2.05, 4.69) is 5.32 Å². The molecular weight excluding hydrogens is 378 g/mol. The van der Waals surface area contributed by atoms with Crippen LogP contribution in [0.15, 0.2) is 30.3 Å². The molecule has 1 aromatic carbocycles. The van der Waals surface area contributed by atoms with Crippen molar-refractivity contribution in [2.75, 3.05) is 26.2 Å². The third-order valence-corrected chi connectivity index (χ3v) is 3.97. The maximum Gasteiger partial charge on any atom is 0.401 e. The van der Waals surface area contributed by atoms with E-state index in [1.807, 2.05) is 30.3 Å². The lowest BCUT2D eigenvalue weighted by Crippen LogP contribution is -2.44. The van der Waals surface area contributed by atoms with E-state index in [4.69, 9.17) is 5.73 Å². The van der Waals surface area contributed by atoms with E-state index in [-0.39, 0.29) is 36.6 Å². The van der Waals surface area contributed by atoms with Gasteiger partial charge in [-0.1, -0.05) is 30.3 Å². The number of amides is 1. The molecule has 1 aliphatic heterocycles. The molecule has 2 rings (SSSR count). The number of hydrogen-bond acceptors (Lipinski definition) is 3. The van der Waals surface area contributed by atoms with Crippen LogP contribution in [0.2, 0.25) is 0 Å². The molecule has 2 atom stereocenters. The second-order valence-corrected chi connectivity index (χ2v) is 6.05. The molecule has 1 heterocycles. The highest BCUT2D eigenvalue weighted by molar-refractivity contribution is 5.85. The number of nitrogens with zero attached hydrogens (tertiary/aromatic N) is 1. The third kappa shape index (κ3) is 8.76. The van der Waals surface area contributed by atoms with Crippen molar-refractivity contribution in [3.63, 3.8) is 0 Å². The maximum absolute atomic E-state index is 12.3. The number of benzene rings is 1. The number of carbonyl (C=O) groups excluding carboxylic acids is 1. The summed E-state index contributed by atoms with van der Waals surface area (Å²) >= 11 is 0. The molecule has 0 saturated carbocycles. The van der Waals surface area contributed by atoms with Crippen molar-refractivity contribution in [3.05, 3.63) is 35.9 Å². The predicted molar refractivity (Wildman–Crippen MR) is 96.2 cm³/mol. The Labute approximate surface area is 158 Å². The lowest BCUT2D eigenvalue weighted by Gasteiger charge is -2.18. The average molecular weight is 402 g/mol. The van der Waals surface area contributed by atoms with Crippen LogP contribution >= 0.6 is 24.8 Å². The maximum atomic E-state index is 12.3. The zero-order valence-electron chi connectivity index (χ0n) is 13.7. The van der Waals surface area contributed by atoms with Crippen LogP contribution in [0.3, 0.4) is 0 Å². The standard InChI is InChI=1S/C16H22F3N3O.2ClH/c17-16(18,19)11-22-7-6-13(10-22)9-21-15(23)14(20)8-12-4-2-1-3-5-12;;/h1-5,13-14H,6-11,20H2,(H,21,23);2*1H. The molecule has 0 aromatic heterocycles. The normalized spacial score (nSPS) is 18.8. The van der Waals surface area contributed by atoms with Crippen molar-refractivity contribution in [2.45, 2.75) is 25.1 Å². The van der Waals surface area contributed by atoms with Gasteiger partial charge in [-0.3, -0.25) is 9.69 Å². The summed E-state index contributed by atoms with van der Waals surface area (Å²) in [5.41, 5.74) is 6.85. The van der Waals surface area contributed by atoms with Gasteiger partial charge in [0.15, 0.2) is 0 Å². The first-order valence-electron chi connectivity index (χ1n) is 7.70. The smallest absolute Gasteiger partial charge is 0.354 e. The van der Waals surface area contributed by atoms with E-state index in [1.165, 1.54) is 4.90 Å². The van der Waals surface area contributed by atoms with Gasteiger partial charge < -0.3 is 11.1 Å². The topological polar surface area (TPSA) is 58.4 Å². The summed E-state index contributed by atoms with van der Waals surface area (Å²) in [6.07, 6.45) is -3.07. The number of rotatable bonds is 6. The van der Waals surface area contributed by atoms with Gasteiger partial charge in [0.05, 0.1) is 12.6 Å². The number of alkyl halides is 3. The van der Waals surface area contributed by atoms with Gasteiger partial charge >= 0.3 is 6.18 Å². The first-order chi connectivity index (χ1) is 10.8. The van der Waals surface area contributed by atoms with Gasteiger partial charge in [-0.05, 0) is 30.9 Å². The minimum absolute atomic E-state index is 0. The second-order valence-electron chi connectivity index (χ2n) is 6.05. The molecule has 4 nitrogen and oxygen atoms in total. The third-order valence-electron chi connectivity index (χ3n) is 3.97. The van der Waals surface area contributed by atoms with Gasteiger partial charge in [0.25, 0.3) is 0 Å². The average Bonchev–Trinajstić information content (AvgIpc) is 2.91. The molecule has 2 unspecified atom stereocenters. The van der Waals surface area contributed by atoms with Crippen LogP contribution in [0.5, 0.6) is 0 Å². The molecule has 1 fully saturated rings. The zero-order valence-corrected chi connectivity index (χ0v) is 15.3. The highest BCUT2D eigenvalue weighted by Crippen LogP contribution is 2.22. The summed E-state index contributed by atoms with van der Waals surface area (Å²) in [6, 6.07) is 8.81. The van der Waals surface area contributed by atoms with Gasteiger partial charge in [-0.25, -0.2) is 0 Å². The van der Waals surface area contributed by atoms with Gasteiger partial charge in [-0.2, -0.15) is 13.2 Å². The molecule has 1 aliphatic rings. The van der Waals surface area contributed by atoms with E-state index in [9.17, 15) is 18.0 Å². The van der Waals surface area contributed by atoms with Gasteiger partial charge in [0, 0.05) is 13.1 Å². The highest BCUT2D eigenvalue weighted by atomic mass is 35.5. The van der Waals surface area contributed by atoms with Crippen molar-refractivity contribution in [3.8, 4) is 0 Å². The summed E-state index contributed by atoms with van der Waals surface area (Å²) < 4.78 is 37.0. The van der Waals surface area contributed by atoms with Crippen molar-refractivity contribution in [2.24, 2.45) is 11.7 Å². The van der Waals surface area contributed by atoms with Crippen LogP contribution in [0, 0.1) is 5.92 Å². The van der Waals surface area contributed by atoms with Gasteiger partial charge in [0.1, 0.15) is 0 Å². The Morgan fingerprint density at radius 2 is 1.92 bits per heavy atom. The summed E-state index contributed by atoms with van der Waals surface area (Å²) in [5.74, 6) is -0.214. The Morgan fingerprint density at radius 3 is 2.52 bits per heavy atom. The molecule has 1 aromatic rings. The summed E-state index contributed by atoms with van der Waals surface area (Å²) in [6.45, 7) is 0.254. The molecule has 0 spiro atoms. The SMILES string of the molecule is Cl.Cl.NC(Cc1ccccc1)C(=O)NCC1CCN(CC(F)(F)F)C1. The molecule has 25 heavy (non-hydrogen) atoms. The number of hydrogen-bond donors (Lipinski definition) is 2. The number of carbonyl (C=O) groups is 1. The van der Waals surface area contributed by atoms with Crippen LogP contribution in [-0.2, 0) is 11.2 Å². The summed E-state index contributed by atoms with van der Waals surface area (Å²) in [7, 11) is 0. The summed E-state index contributed by atoms with van der Waals surface area (Å²) in [5, 5.41) is 2.76. The van der Waals surface area contributed by atoms with Crippen LogP contribution in [-0.4, -0.2) is 49.2 Å². The fourth-order valence-electron chi connectivity index (χ4n) is 2.81. The van der Waals surface area contributed by atoms with Crippen molar-refractivity contribution in [1.82, 2.24) is 10.2 Å². The predicted octanol–water partition coefficient (Wildman–Crippen LogP) is 2.40. The Bertz CT molecular complexity index is 517. The molecule has 0 aliphatic carbocycles. The fourth-order valence-corrected chi connectivity index (χ4v) is 2.81. The second kappa shape index (κ2) is 10.9. The lowest BCUT2D eigenvalue weighted by atomic mass is 10.1. The first-order valence-corrected chi connectivity index (χ1v) is 7.70. The molecular formula is C16H24Cl2F3N3O. The molecule has 9 heteroatoms. The molecule has 0 radical (unpaired) electrons. The van der Waals surface area contributed by atoms with Gasteiger partial charge in [0.2, 0.25) is 5.91 Å². The zero-order chi connectivity index (χ0) is 16.9. The highest BCUT2D eigenvalue weighted by Gasteiger charge is 2.34. The molecule has 1 amide bonds. The van der Waals surface area contributed by atoms with Crippen molar-refractivity contribution < 1.29 is 18.0 Å². The summed E-state index contributed by atoms with van der Waals surface area (Å²) in [4.78, 5) is 13.4. The van der Waals surface area contributed by atoms with E-state index >= 15 is 0 Å². The molecule has 1 saturated heterocycles. The molecule has 3 N–H and O–H groups in total. The van der Waals surface area contributed by atoms with Crippen LogP contribution < -0.4 is 11.1 Å². The first kappa shape index (κ1) is 24.0. The largest absolute Gasteiger partial charge is 0.401 e. The van der Waals surface area contributed by atoms with Gasteiger partial charge in [-0.15, -0.1) is 24.8 Å². The van der Waals surface area contributed by atoms with Crippen LogP contribution in [0.25, 0.3) is 0 Å². The van der Waals surface area contributed by atoms with Crippen LogP contribution in [0.4, 0.5) is 13.2 Å². The Morgan fingerprint density at radius 1 is 1.28 bits per heavy atom. The number of nitrogens with one attached hydrogen (secondary N) is 1. The number of likely N-dealkylation sites (tertiary alicyclic amines) is 1. The van der Waals surface area contributed by atoms with E-state index in [0.717, 1.165) is 5.56 Å².